The van der Waals surface area contributed by atoms with E-state index in [9.17, 15) is 4.79 Å². The van der Waals surface area contributed by atoms with Gasteiger partial charge >= 0.3 is 0 Å². The van der Waals surface area contributed by atoms with Gasteiger partial charge in [0.05, 0.1) is 6.04 Å². The number of carbonyl (C=O) groups is 1. The topological polar surface area (TPSA) is 32.3 Å². The molecule has 112 valence electrons. The van der Waals surface area contributed by atoms with Gasteiger partial charge in [-0.05, 0) is 48.1 Å². The summed E-state index contributed by atoms with van der Waals surface area (Å²) in [5.74, 6) is 0.129. The number of nitrogens with zero attached hydrogens (tertiary/aromatic N) is 1. The molecular formula is C19H20N2O. The number of fused-ring (bicyclic) bond motifs is 2. The van der Waals surface area contributed by atoms with Crippen LogP contribution in [0.5, 0.6) is 0 Å². The summed E-state index contributed by atoms with van der Waals surface area (Å²) < 4.78 is 0. The molecule has 1 N–H and O–H groups in total. The van der Waals surface area contributed by atoms with Crippen molar-refractivity contribution in [2.24, 2.45) is 0 Å². The van der Waals surface area contributed by atoms with Gasteiger partial charge in [0.15, 0.2) is 0 Å². The van der Waals surface area contributed by atoms with E-state index in [-0.39, 0.29) is 5.91 Å². The predicted octanol–water partition coefficient (Wildman–Crippen LogP) is 3.70. The summed E-state index contributed by atoms with van der Waals surface area (Å²) in [6, 6.07) is 15.6. The molecule has 0 spiro atoms. The lowest BCUT2D eigenvalue weighted by atomic mass is 9.89. The molecule has 1 amide bonds. The van der Waals surface area contributed by atoms with Gasteiger partial charge in [0.1, 0.15) is 0 Å². The fourth-order valence-electron chi connectivity index (χ4n) is 3.72. The van der Waals surface area contributed by atoms with Gasteiger partial charge in [-0.3, -0.25) is 4.79 Å². The third-order valence-corrected chi connectivity index (χ3v) is 4.94. The van der Waals surface area contributed by atoms with Crippen LogP contribution >= 0.6 is 0 Å². The highest BCUT2D eigenvalue weighted by molar-refractivity contribution is 5.93. The standard InChI is InChI=1S/C19H20N2O/c1-21-17-5-3-2-4-13(17)7-10-18(21)15-6-9-16-14(12-15)8-11-19(22)20-16/h2-6,9,12,18H,7-8,10-11H2,1H3,(H,20,22). The van der Waals surface area contributed by atoms with Crippen LogP contribution in [0.3, 0.4) is 0 Å². The molecule has 2 aromatic rings. The summed E-state index contributed by atoms with van der Waals surface area (Å²) in [5, 5.41) is 2.96. The Balaban J connectivity index is 1.67. The first-order valence-electron chi connectivity index (χ1n) is 7.96. The van der Waals surface area contributed by atoms with E-state index in [4.69, 9.17) is 0 Å². The summed E-state index contributed by atoms with van der Waals surface area (Å²) in [5.41, 5.74) is 6.38. The number of rotatable bonds is 1. The van der Waals surface area contributed by atoms with E-state index in [2.05, 4.69) is 59.7 Å². The number of amides is 1. The number of carbonyl (C=O) groups excluding carboxylic acids is 1. The third-order valence-electron chi connectivity index (χ3n) is 4.94. The maximum Gasteiger partial charge on any atom is 0.224 e. The summed E-state index contributed by atoms with van der Waals surface area (Å²) in [6.07, 6.45) is 3.71. The number of anilines is 2. The average Bonchev–Trinajstić information content (AvgIpc) is 2.55. The van der Waals surface area contributed by atoms with Crippen molar-refractivity contribution in [3.63, 3.8) is 0 Å². The molecule has 0 saturated heterocycles. The van der Waals surface area contributed by atoms with Crippen molar-refractivity contribution in [3.8, 4) is 0 Å². The Morgan fingerprint density at radius 3 is 2.82 bits per heavy atom. The molecular weight excluding hydrogens is 272 g/mol. The van der Waals surface area contributed by atoms with Crippen LogP contribution in [0.1, 0.15) is 35.6 Å². The zero-order chi connectivity index (χ0) is 15.1. The fourth-order valence-corrected chi connectivity index (χ4v) is 3.72. The van der Waals surface area contributed by atoms with Crippen molar-refractivity contribution >= 4 is 17.3 Å². The number of para-hydroxylation sites is 1. The second-order valence-corrected chi connectivity index (χ2v) is 6.26. The van der Waals surface area contributed by atoms with Gasteiger partial charge in [-0.1, -0.05) is 30.3 Å². The van der Waals surface area contributed by atoms with E-state index in [0.29, 0.717) is 12.5 Å². The molecule has 0 radical (unpaired) electrons. The van der Waals surface area contributed by atoms with Crippen LogP contribution in [0, 0.1) is 0 Å². The molecule has 0 fully saturated rings. The molecule has 2 aromatic carbocycles. The maximum atomic E-state index is 11.5. The Hall–Kier alpha value is -2.29. The van der Waals surface area contributed by atoms with Gasteiger partial charge in [0.25, 0.3) is 0 Å². The molecule has 0 bridgehead atoms. The lowest BCUT2D eigenvalue weighted by Crippen LogP contribution is -2.29. The smallest absolute Gasteiger partial charge is 0.224 e. The zero-order valence-corrected chi connectivity index (χ0v) is 12.8. The Morgan fingerprint density at radius 2 is 1.91 bits per heavy atom. The summed E-state index contributed by atoms with van der Waals surface area (Å²) in [7, 11) is 2.18. The van der Waals surface area contributed by atoms with Gasteiger partial charge in [0.2, 0.25) is 5.91 Å². The lowest BCUT2D eigenvalue weighted by Gasteiger charge is -2.37. The van der Waals surface area contributed by atoms with Crippen molar-refractivity contribution in [2.45, 2.75) is 31.7 Å². The van der Waals surface area contributed by atoms with Gasteiger partial charge in [-0.2, -0.15) is 0 Å². The number of aryl methyl sites for hydroxylation is 2. The zero-order valence-electron chi connectivity index (χ0n) is 12.8. The summed E-state index contributed by atoms with van der Waals surface area (Å²) >= 11 is 0. The van der Waals surface area contributed by atoms with E-state index in [1.54, 1.807) is 0 Å². The van der Waals surface area contributed by atoms with Gasteiger partial charge in [-0.25, -0.2) is 0 Å². The number of hydrogen-bond acceptors (Lipinski definition) is 2. The first-order valence-corrected chi connectivity index (χ1v) is 7.96. The lowest BCUT2D eigenvalue weighted by molar-refractivity contribution is -0.116. The van der Waals surface area contributed by atoms with Crippen LogP contribution < -0.4 is 10.2 Å². The van der Waals surface area contributed by atoms with E-state index >= 15 is 0 Å². The van der Waals surface area contributed by atoms with Crippen molar-refractivity contribution in [1.82, 2.24) is 0 Å². The second kappa shape index (κ2) is 5.16. The molecule has 0 saturated carbocycles. The fraction of sp³-hybridized carbons (Fsp3) is 0.316. The quantitative estimate of drug-likeness (QED) is 0.869. The number of nitrogens with one attached hydrogen (secondary N) is 1. The molecule has 2 aliphatic rings. The molecule has 4 rings (SSSR count). The highest BCUT2D eigenvalue weighted by Crippen LogP contribution is 2.38. The monoisotopic (exact) mass is 292 g/mol. The normalized spacial score (nSPS) is 20.1. The molecule has 3 heteroatoms. The Bertz CT molecular complexity index is 738. The minimum absolute atomic E-state index is 0.129. The van der Waals surface area contributed by atoms with E-state index in [0.717, 1.165) is 24.9 Å². The van der Waals surface area contributed by atoms with Gasteiger partial charge in [-0.15, -0.1) is 0 Å². The second-order valence-electron chi connectivity index (χ2n) is 6.26. The molecule has 0 aromatic heterocycles. The molecule has 1 unspecified atom stereocenters. The SMILES string of the molecule is CN1c2ccccc2CCC1c1ccc2c(c1)CCC(=O)N2. The Kier molecular flexibility index (Phi) is 3.14. The molecule has 2 heterocycles. The highest BCUT2D eigenvalue weighted by Gasteiger charge is 2.25. The van der Waals surface area contributed by atoms with E-state index < -0.39 is 0 Å². The van der Waals surface area contributed by atoms with Crippen molar-refractivity contribution in [1.29, 1.82) is 0 Å². The van der Waals surface area contributed by atoms with Crippen molar-refractivity contribution in [3.05, 3.63) is 59.2 Å². The van der Waals surface area contributed by atoms with Crippen LogP contribution in [0.4, 0.5) is 11.4 Å². The Morgan fingerprint density at radius 1 is 1.05 bits per heavy atom. The first kappa shape index (κ1) is 13.4. The third kappa shape index (κ3) is 2.17. The highest BCUT2D eigenvalue weighted by atomic mass is 16.1. The van der Waals surface area contributed by atoms with E-state index in [1.807, 2.05) is 0 Å². The van der Waals surface area contributed by atoms with Gasteiger partial charge < -0.3 is 10.2 Å². The maximum absolute atomic E-state index is 11.5. The van der Waals surface area contributed by atoms with Gasteiger partial charge in [0, 0.05) is 24.8 Å². The van der Waals surface area contributed by atoms with Crippen LogP contribution in [0.25, 0.3) is 0 Å². The summed E-state index contributed by atoms with van der Waals surface area (Å²) in [6.45, 7) is 0. The molecule has 2 aliphatic heterocycles. The number of benzene rings is 2. The first-order chi connectivity index (χ1) is 10.7. The predicted molar refractivity (Wildman–Crippen MR) is 89.3 cm³/mol. The minimum atomic E-state index is 0.129. The molecule has 3 nitrogen and oxygen atoms in total. The Labute approximate surface area is 131 Å². The van der Waals surface area contributed by atoms with Crippen LogP contribution in [-0.2, 0) is 17.6 Å². The average molecular weight is 292 g/mol. The minimum Gasteiger partial charge on any atom is -0.367 e. The van der Waals surface area contributed by atoms with Crippen LogP contribution in [0.2, 0.25) is 0 Å². The molecule has 22 heavy (non-hydrogen) atoms. The van der Waals surface area contributed by atoms with Crippen LogP contribution in [0.15, 0.2) is 42.5 Å². The largest absolute Gasteiger partial charge is 0.367 e. The van der Waals surface area contributed by atoms with Crippen molar-refractivity contribution < 1.29 is 4.79 Å². The van der Waals surface area contributed by atoms with E-state index in [1.165, 1.54) is 22.4 Å². The summed E-state index contributed by atoms with van der Waals surface area (Å²) in [4.78, 5) is 13.9. The molecule has 1 atom stereocenters. The number of hydrogen-bond donors (Lipinski definition) is 1. The molecule has 0 aliphatic carbocycles. The van der Waals surface area contributed by atoms with Crippen molar-refractivity contribution in [2.75, 3.05) is 17.3 Å². The van der Waals surface area contributed by atoms with Crippen LogP contribution in [-0.4, -0.2) is 13.0 Å².